The first-order valence-electron chi connectivity index (χ1n) is 6.42. The van der Waals surface area contributed by atoms with Gasteiger partial charge in [-0.25, -0.2) is 18.1 Å². The van der Waals surface area contributed by atoms with E-state index in [4.69, 9.17) is 0 Å². The Morgan fingerprint density at radius 2 is 1.90 bits per heavy atom. The van der Waals surface area contributed by atoms with Gasteiger partial charge >= 0.3 is 0 Å². The molecule has 1 heterocycles. The zero-order chi connectivity index (χ0) is 14.9. The van der Waals surface area contributed by atoms with Crippen molar-refractivity contribution in [3.63, 3.8) is 0 Å². The summed E-state index contributed by atoms with van der Waals surface area (Å²) >= 11 is 0. The molecule has 0 bridgehead atoms. The van der Waals surface area contributed by atoms with Crippen LogP contribution in [0.4, 0.5) is 0 Å². The molecule has 6 heteroatoms. The van der Waals surface area contributed by atoms with Crippen LogP contribution in [0, 0.1) is 6.92 Å². The molecular formula is C14H19N3O2S. The van der Waals surface area contributed by atoms with E-state index in [1.165, 1.54) is 0 Å². The van der Waals surface area contributed by atoms with E-state index in [1.807, 2.05) is 20.8 Å². The summed E-state index contributed by atoms with van der Waals surface area (Å²) in [5.74, 6) is 0.338. The second-order valence-corrected chi connectivity index (χ2v) is 6.77. The summed E-state index contributed by atoms with van der Waals surface area (Å²) in [7, 11) is -3.61. The second-order valence-electron chi connectivity index (χ2n) is 5.09. The van der Waals surface area contributed by atoms with Crippen LogP contribution in [0.25, 0.3) is 0 Å². The SMILES string of the molecule is C=C1CN=C(NS(=O)(=O)c2ccc(C)cc2)N1C(C)C. The fourth-order valence-electron chi connectivity index (χ4n) is 2.06. The highest BCUT2D eigenvalue weighted by Gasteiger charge is 2.27. The fraction of sp³-hybridized carbons (Fsp3) is 0.357. The number of hydrogen-bond donors (Lipinski definition) is 1. The molecule has 0 saturated carbocycles. The van der Waals surface area contributed by atoms with E-state index in [-0.39, 0.29) is 10.9 Å². The number of benzene rings is 1. The normalized spacial score (nSPS) is 15.7. The Hall–Kier alpha value is -1.82. The average Bonchev–Trinajstić information content (AvgIpc) is 2.70. The van der Waals surface area contributed by atoms with Gasteiger partial charge in [-0.3, -0.25) is 0 Å². The van der Waals surface area contributed by atoms with E-state index in [9.17, 15) is 8.42 Å². The van der Waals surface area contributed by atoms with Crippen molar-refractivity contribution in [2.45, 2.75) is 31.7 Å². The molecule has 1 aliphatic heterocycles. The number of hydrogen-bond acceptors (Lipinski definition) is 4. The van der Waals surface area contributed by atoms with Crippen molar-refractivity contribution in [1.82, 2.24) is 9.62 Å². The summed E-state index contributed by atoms with van der Waals surface area (Å²) in [5.41, 5.74) is 1.81. The quantitative estimate of drug-likeness (QED) is 0.925. The molecule has 2 rings (SSSR count). The topological polar surface area (TPSA) is 61.8 Å². The number of nitrogens with one attached hydrogen (secondary N) is 1. The summed E-state index contributed by atoms with van der Waals surface area (Å²) in [6.45, 7) is 10.2. The lowest BCUT2D eigenvalue weighted by Gasteiger charge is -2.26. The molecule has 5 nitrogen and oxygen atoms in total. The predicted octanol–water partition coefficient (Wildman–Crippen LogP) is 1.87. The standard InChI is InChI=1S/C14H19N3O2S/c1-10(2)17-12(4)9-15-14(17)16-20(18,19)13-7-5-11(3)6-8-13/h5-8,10H,4,9H2,1-3H3,(H,15,16). The van der Waals surface area contributed by atoms with Gasteiger partial charge < -0.3 is 4.90 Å². The molecule has 0 aromatic heterocycles. The highest BCUT2D eigenvalue weighted by atomic mass is 32.2. The van der Waals surface area contributed by atoms with Crippen molar-refractivity contribution in [2.24, 2.45) is 4.99 Å². The van der Waals surface area contributed by atoms with Crippen LogP contribution >= 0.6 is 0 Å². The summed E-state index contributed by atoms with van der Waals surface area (Å²) in [6, 6.07) is 6.81. The lowest BCUT2D eigenvalue weighted by molar-refractivity contribution is 0.432. The van der Waals surface area contributed by atoms with Crippen LogP contribution in [0.15, 0.2) is 46.4 Å². The molecule has 1 aliphatic rings. The summed E-state index contributed by atoms with van der Waals surface area (Å²) < 4.78 is 27.2. The van der Waals surface area contributed by atoms with Crippen LogP contribution in [0.1, 0.15) is 19.4 Å². The minimum atomic E-state index is -3.61. The highest BCUT2D eigenvalue weighted by Crippen LogP contribution is 2.17. The van der Waals surface area contributed by atoms with Crippen LogP contribution < -0.4 is 4.72 Å². The van der Waals surface area contributed by atoms with Crippen molar-refractivity contribution >= 4 is 16.0 Å². The monoisotopic (exact) mass is 293 g/mol. The number of rotatable bonds is 3. The molecule has 0 radical (unpaired) electrons. The van der Waals surface area contributed by atoms with E-state index >= 15 is 0 Å². The van der Waals surface area contributed by atoms with Gasteiger partial charge in [0.1, 0.15) is 0 Å². The van der Waals surface area contributed by atoms with Crippen LogP contribution in [-0.2, 0) is 10.0 Å². The maximum Gasteiger partial charge on any atom is 0.264 e. The van der Waals surface area contributed by atoms with Gasteiger partial charge in [0.05, 0.1) is 11.4 Å². The van der Waals surface area contributed by atoms with Gasteiger partial charge in [-0.15, -0.1) is 0 Å². The van der Waals surface area contributed by atoms with Crippen molar-refractivity contribution in [3.05, 3.63) is 42.1 Å². The molecule has 1 aromatic carbocycles. The molecule has 0 unspecified atom stereocenters. The Morgan fingerprint density at radius 3 is 2.45 bits per heavy atom. The third kappa shape index (κ3) is 2.85. The molecule has 0 spiro atoms. The lowest BCUT2D eigenvalue weighted by Crippen LogP contribution is -2.43. The van der Waals surface area contributed by atoms with Crippen molar-refractivity contribution in [2.75, 3.05) is 6.54 Å². The van der Waals surface area contributed by atoms with Gasteiger partial charge in [0.15, 0.2) is 0 Å². The minimum Gasteiger partial charge on any atom is -0.312 e. The van der Waals surface area contributed by atoms with E-state index < -0.39 is 10.0 Å². The summed E-state index contributed by atoms with van der Waals surface area (Å²) in [5, 5.41) is 0. The zero-order valence-electron chi connectivity index (χ0n) is 11.9. The van der Waals surface area contributed by atoms with Crippen LogP contribution in [0.2, 0.25) is 0 Å². The number of nitrogens with zero attached hydrogens (tertiary/aromatic N) is 2. The van der Waals surface area contributed by atoms with E-state index in [2.05, 4.69) is 16.3 Å². The second kappa shape index (κ2) is 5.28. The first kappa shape index (κ1) is 14.6. The average molecular weight is 293 g/mol. The van der Waals surface area contributed by atoms with Crippen molar-refractivity contribution < 1.29 is 8.42 Å². The molecule has 0 saturated heterocycles. The zero-order valence-corrected chi connectivity index (χ0v) is 12.7. The van der Waals surface area contributed by atoms with Crippen LogP contribution in [0.3, 0.4) is 0 Å². The van der Waals surface area contributed by atoms with Gasteiger partial charge in [-0.05, 0) is 32.9 Å². The van der Waals surface area contributed by atoms with Crippen molar-refractivity contribution in [1.29, 1.82) is 0 Å². The Bertz CT molecular complexity index is 646. The first-order chi connectivity index (χ1) is 9.31. The van der Waals surface area contributed by atoms with Gasteiger partial charge in [0, 0.05) is 11.7 Å². The molecule has 1 aromatic rings. The van der Waals surface area contributed by atoms with E-state index in [0.29, 0.717) is 12.5 Å². The molecular weight excluding hydrogens is 274 g/mol. The van der Waals surface area contributed by atoms with Gasteiger partial charge in [0.25, 0.3) is 10.0 Å². The Labute approximate surface area is 120 Å². The molecule has 0 aliphatic carbocycles. The van der Waals surface area contributed by atoms with E-state index in [1.54, 1.807) is 29.2 Å². The summed E-state index contributed by atoms with van der Waals surface area (Å²) in [4.78, 5) is 6.23. The smallest absolute Gasteiger partial charge is 0.264 e. The number of sulfonamides is 1. The number of aryl methyl sites for hydroxylation is 1. The van der Waals surface area contributed by atoms with Gasteiger partial charge in [0.2, 0.25) is 5.96 Å². The van der Waals surface area contributed by atoms with Gasteiger partial charge in [-0.2, -0.15) is 0 Å². The first-order valence-corrected chi connectivity index (χ1v) is 7.90. The number of guanidine groups is 1. The third-order valence-electron chi connectivity index (χ3n) is 3.05. The predicted molar refractivity (Wildman–Crippen MR) is 79.9 cm³/mol. The molecule has 0 fully saturated rings. The largest absolute Gasteiger partial charge is 0.312 e. The third-order valence-corrected chi connectivity index (χ3v) is 4.40. The maximum absolute atomic E-state index is 12.3. The van der Waals surface area contributed by atoms with Crippen LogP contribution in [0.5, 0.6) is 0 Å². The lowest BCUT2D eigenvalue weighted by atomic mass is 10.2. The van der Waals surface area contributed by atoms with Crippen molar-refractivity contribution in [3.8, 4) is 0 Å². The fourth-order valence-corrected chi connectivity index (χ4v) is 3.07. The maximum atomic E-state index is 12.3. The molecule has 0 amide bonds. The molecule has 20 heavy (non-hydrogen) atoms. The van der Waals surface area contributed by atoms with E-state index in [0.717, 1.165) is 11.3 Å². The van der Waals surface area contributed by atoms with Gasteiger partial charge in [-0.1, -0.05) is 24.3 Å². The Kier molecular flexibility index (Phi) is 3.85. The molecule has 0 atom stereocenters. The minimum absolute atomic E-state index is 0.101. The van der Waals surface area contributed by atoms with Crippen LogP contribution in [-0.4, -0.2) is 31.9 Å². The molecule has 1 N–H and O–H groups in total. The number of aliphatic imine (C=N–C) groups is 1. The summed E-state index contributed by atoms with van der Waals surface area (Å²) in [6.07, 6.45) is 0. The Balaban J connectivity index is 2.25. The highest BCUT2D eigenvalue weighted by molar-refractivity contribution is 7.90. The molecule has 108 valence electrons. The Morgan fingerprint density at radius 1 is 1.30 bits per heavy atom.